The predicted octanol–water partition coefficient (Wildman–Crippen LogP) is 6.24. The van der Waals surface area contributed by atoms with Gasteiger partial charge in [-0.2, -0.15) is 4.80 Å². The van der Waals surface area contributed by atoms with Gasteiger partial charge in [-0.15, -0.1) is 10.2 Å². The Balaban J connectivity index is 0.000000165. The van der Waals surface area contributed by atoms with Crippen molar-refractivity contribution in [2.45, 2.75) is 13.8 Å². The Hall–Kier alpha value is -4.50. The molecule has 0 bridgehead atoms. The van der Waals surface area contributed by atoms with Gasteiger partial charge in [0.15, 0.2) is 0 Å². The second-order valence-electron chi connectivity index (χ2n) is 7.64. The van der Waals surface area contributed by atoms with Gasteiger partial charge in [0.2, 0.25) is 5.76 Å². The predicted molar refractivity (Wildman–Crippen MR) is 131 cm³/mol. The normalized spacial score (nSPS) is 10.6. The number of non-ortho nitro benzene ring substituents is 1. The third-order valence-electron chi connectivity index (χ3n) is 5.18. The Kier molecular flexibility index (Phi) is 6.61. The molecule has 0 saturated heterocycles. The van der Waals surface area contributed by atoms with Gasteiger partial charge in [0.05, 0.1) is 10.6 Å². The van der Waals surface area contributed by atoms with E-state index in [1.807, 2.05) is 49.4 Å². The number of aromatic carboxylic acids is 1. The van der Waals surface area contributed by atoms with Crippen LogP contribution in [0.5, 0.6) is 0 Å². The molecule has 0 fully saturated rings. The maximum atomic E-state index is 10.7. The quantitative estimate of drug-likeness (QED) is 0.233. The molecule has 0 spiro atoms. The van der Waals surface area contributed by atoms with Crippen molar-refractivity contribution in [1.82, 2.24) is 15.0 Å². The number of fused-ring (bicyclic) bond motifs is 1. The van der Waals surface area contributed by atoms with Crippen molar-refractivity contribution in [2.75, 3.05) is 0 Å². The van der Waals surface area contributed by atoms with Gasteiger partial charge in [-0.3, -0.25) is 10.1 Å². The fourth-order valence-electron chi connectivity index (χ4n) is 3.32. The number of hydrogen-bond donors (Lipinski definition) is 1. The number of nitro groups is 1. The summed E-state index contributed by atoms with van der Waals surface area (Å²) in [6, 6.07) is 20.7. The lowest BCUT2D eigenvalue weighted by molar-refractivity contribution is -0.384. The highest BCUT2D eigenvalue weighted by atomic mass is 35.5. The third kappa shape index (κ3) is 5.20. The molecule has 0 amide bonds. The number of carboxylic acid groups (broad SMARTS) is 1. The lowest BCUT2D eigenvalue weighted by Crippen LogP contribution is -1.98. The fourth-order valence-corrected chi connectivity index (χ4v) is 3.49. The van der Waals surface area contributed by atoms with Crippen molar-refractivity contribution in [3.63, 3.8) is 0 Å². The van der Waals surface area contributed by atoms with E-state index in [9.17, 15) is 14.9 Å². The zero-order valence-corrected chi connectivity index (χ0v) is 19.4. The van der Waals surface area contributed by atoms with E-state index in [4.69, 9.17) is 21.1 Å². The standard InChI is InChI=1S/C13H10ClN3.C12H9NO5/c1-9-6-7-10(8-11(9)14)17-15-12-4-2-3-5-13(12)16-17;1-7-6-8(13(16)17)2-3-9(7)10-4-5-11(18-10)12(14)15/h2-8H,1H3;2-6H,1H3,(H,14,15). The van der Waals surface area contributed by atoms with Gasteiger partial charge in [-0.25, -0.2) is 4.79 Å². The average molecular weight is 491 g/mol. The van der Waals surface area contributed by atoms with E-state index in [2.05, 4.69) is 10.2 Å². The van der Waals surface area contributed by atoms with Crippen LogP contribution in [0.15, 0.2) is 77.2 Å². The molecule has 0 aliphatic carbocycles. The van der Waals surface area contributed by atoms with Crippen LogP contribution < -0.4 is 0 Å². The van der Waals surface area contributed by atoms with E-state index < -0.39 is 10.9 Å². The lowest BCUT2D eigenvalue weighted by atomic mass is 10.1. The number of furan rings is 1. The van der Waals surface area contributed by atoms with E-state index in [1.165, 1.54) is 30.3 Å². The topological polar surface area (TPSA) is 124 Å². The Bertz CT molecular complexity index is 1520. The number of carboxylic acids is 1. The Morgan fingerprint density at radius 2 is 1.66 bits per heavy atom. The first-order valence-corrected chi connectivity index (χ1v) is 10.8. The summed E-state index contributed by atoms with van der Waals surface area (Å²) in [5.74, 6) is -0.941. The van der Waals surface area contributed by atoms with Gasteiger partial charge in [0, 0.05) is 22.7 Å². The van der Waals surface area contributed by atoms with Crippen molar-refractivity contribution < 1.29 is 19.2 Å². The molecule has 0 aliphatic rings. The molecule has 0 atom stereocenters. The lowest BCUT2D eigenvalue weighted by Gasteiger charge is -2.01. The number of nitro benzene ring substituents is 1. The number of aromatic nitrogens is 3. The largest absolute Gasteiger partial charge is 0.475 e. The van der Waals surface area contributed by atoms with Crippen molar-refractivity contribution >= 4 is 34.3 Å². The summed E-state index contributed by atoms with van der Waals surface area (Å²) >= 11 is 6.09. The number of benzene rings is 3. The van der Waals surface area contributed by atoms with Crippen LogP contribution in [0.2, 0.25) is 5.02 Å². The number of nitrogens with zero attached hydrogens (tertiary/aromatic N) is 4. The summed E-state index contributed by atoms with van der Waals surface area (Å²) in [6.07, 6.45) is 0. The number of halogens is 1. The Labute approximate surface area is 204 Å². The van der Waals surface area contributed by atoms with Crippen LogP contribution in [-0.2, 0) is 0 Å². The van der Waals surface area contributed by atoms with Crippen molar-refractivity contribution in [3.05, 3.63) is 105 Å². The summed E-state index contributed by atoms with van der Waals surface area (Å²) in [4.78, 5) is 22.4. The minimum absolute atomic E-state index is 0.0127. The van der Waals surface area contributed by atoms with Gasteiger partial charge < -0.3 is 9.52 Å². The van der Waals surface area contributed by atoms with E-state index in [1.54, 1.807) is 11.7 Å². The molecule has 3 aromatic carbocycles. The van der Waals surface area contributed by atoms with Crippen molar-refractivity contribution in [3.8, 4) is 17.0 Å². The molecule has 5 rings (SSSR count). The van der Waals surface area contributed by atoms with Crippen LogP contribution in [0.1, 0.15) is 21.7 Å². The van der Waals surface area contributed by atoms with E-state index in [-0.39, 0.29) is 11.4 Å². The monoisotopic (exact) mass is 490 g/mol. The molecule has 35 heavy (non-hydrogen) atoms. The third-order valence-corrected chi connectivity index (χ3v) is 5.58. The maximum absolute atomic E-state index is 10.7. The average Bonchev–Trinajstić information content (AvgIpc) is 3.49. The van der Waals surface area contributed by atoms with Gasteiger partial charge in [0.25, 0.3) is 5.69 Å². The Morgan fingerprint density at radius 3 is 2.20 bits per heavy atom. The molecular formula is C25H19ClN4O5. The van der Waals surface area contributed by atoms with E-state index >= 15 is 0 Å². The summed E-state index contributed by atoms with van der Waals surface area (Å²) in [7, 11) is 0. The molecule has 2 heterocycles. The molecule has 1 N–H and O–H groups in total. The second-order valence-corrected chi connectivity index (χ2v) is 8.04. The first kappa shape index (κ1) is 23.7. The fraction of sp³-hybridized carbons (Fsp3) is 0.0800. The highest BCUT2D eigenvalue weighted by Gasteiger charge is 2.14. The molecule has 0 saturated carbocycles. The number of hydrogen-bond acceptors (Lipinski definition) is 6. The molecular weight excluding hydrogens is 472 g/mol. The van der Waals surface area contributed by atoms with Gasteiger partial charge >= 0.3 is 5.97 Å². The van der Waals surface area contributed by atoms with Crippen LogP contribution in [0, 0.1) is 24.0 Å². The van der Waals surface area contributed by atoms with Gasteiger partial charge in [0.1, 0.15) is 16.8 Å². The first-order chi connectivity index (χ1) is 16.7. The van der Waals surface area contributed by atoms with Gasteiger partial charge in [-0.05, 0) is 67.4 Å². The highest BCUT2D eigenvalue weighted by Crippen LogP contribution is 2.28. The van der Waals surface area contributed by atoms with E-state index in [0.29, 0.717) is 16.9 Å². The molecule has 2 aromatic heterocycles. The zero-order chi connectivity index (χ0) is 25.1. The van der Waals surface area contributed by atoms with Crippen LogP contribution in [0.4, 0.5) is 5.69 Å². The summed E-state index contributed by atoms with van der Waals surface area (Å²) < 4.78 is 5.14. The maximum Gasteiger partial charge on any atom is 0.371 e. The molecule has 5 aromatic rings. The van der Waals surface area contributed by atoms with Crippen molar-refractivity contribution in [1.29, 1.82) is 0 Å². The molecule has 0 aliphatic heterocycles. The summed E-state index contributed by atoms with van der Waals surface area (Å²) in [5.41, 5.74) is 4.95. The zero-order valence-electron chi connectivity index (χ0n) is 18.7. The van der Waals surface area contributed by atoms with E-state index in [0.717, 1.165) is 27.3 Å². The van der Waals surface area contributed by atoms with Crippen LogP contribution in [0.25, 0.3) is 28.0 Å². The van der Waals surface area contributed by atoms with Crippen molar-refractivity contribution in [2.24, 2.45) is 0 Å². The number of aryl methyl sites for hydroxylation is 2. The molecule has 0 unspecified atom stereocenters. The molecule has 9 nitrogen and oxygen atoms in total. The Morgan fingerprint density at radius 1 is 0.971 bits per heavy atom. The molecule has 176 valence electrons. The van der Waals surface area contributed by atoms with Crippen LogP contribution in [-0.4, -0.2) is 31.0 Å². The molecule has 0 radical (unpaired) electrons. The van der Waals surface area contributed by atoms with Crippen LogP contribution in [0.3, 0.4) is 0 Å². The number of carbonyl (C=O) groups is 1. The minimum atomic E-state index is -1.15. The SMILES string of the molecule is Cc1cc([N+](=O)[O-])ccc1-c1ccc(C(=O)O)o1.Cc1ccc(-n2nc3ccccc3n2)cc1Cl. The summed E-state index contributed by atoms with van der Waals surface area (Å²) in [6.45, 7) is 3.67. The first-order valence-electron chi connectivity index (χ1n) is 10.4. The number of rotatable bonds is 4. The van der Waals surface area contributed by atoms with Crippen LogP contribution >= 0.6 is 11.6 Å². The smallest absolute Gasteiger partial charge is 0.371 e. The minimum Gasteiger partial charge on any atom is -0.475 e. The molecule has 10 heteroatoms. The summed E-state index contributed by atoms with van der Waals surface area (Å²) in [5, 5.41) is 28.9. The second kappa shape index (κ2) is 9.78. The highest BCUT2D eigenvalue weighted by molar-refractivity contribution is 6.31. The van der Waals surface area contributed by atoms with Gasteiger partial charge in [-0.1, -0.05) is 29.8 Å².